The molecule has 3 heterocycles. The molecule has 4 N–H and O–H groups in total. The van der Waals surface area contributed by atoms with Gasteiger partial charge in [0.2, 0.25) is 11.8 Å². The summed E-state index contributed by atoms with van der Waals surface area (Å²) in [7, 11) is 0. The molecule has 14 nitrogen and oxygen atoms in total. The number of esters is 1. The van der Waals surface area contributed by atoms with E-state index in [0.717, 1.165) is 6.20 Å². The van der Waals surface area contributed by atoms with Gasteiger partial charge in [-0.1, -0.05) is 0 Å². The van der Waals surface area contributed by atoms with Gasteiger partial charge in [0, 0.05) is 33.8 Å². The lowest BCUT2D eigenvalue weighted by molar-refractivity contribution is -0.384. The highest BCUT2D eigenvalue weighted by Gasteiger charge is 2.45. The zero-order valence-corrected chi connectivity index (χ0v) is 24.8. The molecule has 0 atom stereocenters. The summed E-state index contributed by atoms with van der Waals surface area (Å²) in [5.41, 5.74) is 0.150. The summed E-state index contributed by atoms with van der Waals surface area (Å²) in [6.45, 7) is 9.73. The zero-order chi connectivity index (χ0) is 30.7. The lowest BCUT2D eigenvalue weighted by Gasteiger charge is -2.51. The Kier molecular flexibility index (Phi) is 9.03. The SMILES string of the molecule is CCOC(=O)Cc1csc(Nc2nc(Nc3ccc(C(=O)NC4CC(C)(C)N(O)C(C)(C)C4)cc3)ncc2[N+](=O)[O-])n1. The number of aromatic nitrogens is 3. The van der Waals surface area contributed by atoms with E-state index in [4.69, 9.17) is 4.74 Å². The monoisotopic (exact) mass is 598 g/mol. The van der Waals surface area contributed by atoms with Crippen LogP contribution in [0.4, 0.5) is 28.3 Å². The number of nitro groups is 1. The van der Waals surface area contributed by atoms with E-state index in [1.807, 2.05) is 27.7 Å². The molecule has 1 fully saturated rings. The lowest BCUT2D eigenvalue weighted by Crippen LogP contribution is -2.62. The first kappa shape index (κ1) is 30.7. The van der Waals surface area contributed by atoms with Crippen molar-refractivity contribution >= 4 is 51.5 Å². The molecular weight excluding hydrogens is 564 g/mol. The number of hydrogen-bond donors (Lipinski definition) is 4. The third kappa shape index (κ3) is 7.35. The van der Waals surface area contributed by atoms with E-state index < -0.39 is 22.0 Å². The molecule has 0 saturated carbocycles. The number of benzene rings is 1. The third-order valence-corrected chi connectivity index (χ3v) is 7.56. The number of piperidine rings is 1. The highest BCUT2D eigenvalue weighted by atomic mass is 32.1. The summed E-state index contributed by atoms with van der Waals surface area (Å²) < 4.78 is 4.92. The summed E-state index contributed by atoms with van der Waals surface area (Å²) in [6.07, 6.45) is 2.25. The maximum absolute atomic E-state index is 13.0. The predicted octanol–water partition coefficient (Wildman–Crippen LogP) is 4.57. The van der Waals surface area contributed by atoms with E-state index in [1.165, 1.54) is 16.4 Å². The van der Waals surface area contributed by atoms with Crippen LogP contribution < -0.4 is 16.0 Å². The van der Waals surface area contributed by atoms with Gasteiger partial charge in [0.05, 0.1) is 23.6 Å². The third-order valence-electron chi connectivity index (χ3n) is 6.75. The average Bonchev–Trinajstić information content (AvgIpc) is 3.33. The molecular formula is C27H34N8O6S. The van der Waals surface area contributed by atoms with Gasteiger partial charge in [0.25, 0.3) is 5.91 Å². The van der Waals surface area contributed by atoms with E-state index in [2.05, 4.69) is 30.9 Å². The molecule has 2 aromatic heterocycles. The van der Waals surface area contributed by atoms with E-state index in [1.54, 1.807) is 36.6 Å². The number of carbonyl (C=O) groups is 2. The summed E-state index contributed by atoms with van der Waals surface area (Å²) in [5, 5.41) is 34.3. The standard InChI is InChI=1S/C27H34N8O6S/c1-6-41-21(36)11-18-15-42-25(31-18)33-22-20(34(38)39)14-28-24(32-22)30-17-9-7-16(8-10-17)23(37)29-19-12-26(2,3)35(40)27(4,5)13-19/h7-10,14-15,19,40H,6,11-13H2,1-5H3,(H,29,37)(H2,28,30,31,32,33). The highest BCUT2D eigenvalue weighted by molar-refractivity contribution is 7.13. The van der Waals surface area contributed by atoms with E-state index in [-0.39, 0.29) is 42.4 Å². The summed E-state index contributed by atoms with van der Waals surface area (Å²) >= 11 is 1.17. The molecule has 0 bridgehead atoms. The minimum absolute atomic E-state index is 0.0173. The molecule has 0 radical (unpaired) electrons. The molecule has 1 aliphatic heterocycles. The van der Waals surface area contributed by atoms with Gasteiger partial charge in [-0.25, -0.2) is 9.97 Å². The molecule has 1 saturated heterocycles. The number of thiazole rings is 1. The summed E-state index contributed by atoms with van der Waals surface area (Å²) in [6, 6.07) is 6.56. The fourth-order valence-corrected chi connectivity index (χ4v) is 5.75. The highest BCUT2D eigenvalue weighted by Crippen LogP contribution is 2.37. The molecule has 224 valence electrons. The van der Waals surface area contributed by atoms with Crippen molar-refractivity contribution in [2.24, 2.45) is 0 Å². The van der Waals surface area contributed by atoms with Crippen molar-refractivity contribution in [3.8, 4) is 0 Å². The van der Waals surface area contributed by atoms with E-state index in [9.17, 15) is 24.9 Å². The molecule has 15 heteroatoms. The number of nitrogens with one attached hydrogen (secondary N) is 3. The fourth-order valence-electron chi connectivity index (χ4n) is 5.04. The van der Waals surface area contributed by atoms with Gasteiger partial charge in [-0.3, -0.25) is 19.7 Å². The largest absolute Gasteiger partial charge is 0.466 e. The van der Waals surface area contributed by atoms with Crippen molar-refractivity contribution in [1.82, 2.24) is 25.3 Å². The van der Waals surface area contributed by atoms with Gasteiger partial charge in [-0.05, 0) is 71.7 Å². The van der Waals surface area contributed by atoms with Gasteiger partial charge in [0.1, 0.15) is 6.20 Å². The Morgan fingerprint density at radius 2 is 1.81 bits per heavy atom. The van der Waals surface area contributed by atoms with Gasteiger partial charge < -0.3 is 25.9 Å². The molecule has 42 heavy (non-hydrogen) atoms. The van der Waals surface area contributed by atoms with Crippen molar-refractivity contribution < 1.29 is 24.5 Å². The van der Waals surface area contributed by atoms with Crippen LogP contribution in [0.5, 0.6) is 0 Å². The average molecular weight is 599 g/mol. The first-order chi connectivity index (χ1) is 19.8. The second-order valence-corrected chi connectivity index (χ2v) is 12.0. The summed E-state index contributed by atoms with van der Waals surface area (Å²) in [5.74, 6) is -0.639. The molecule has 4 rings (SSSR count). The molecule has 1 aromatic carbocycles. The van der Waals surface area contributed by atoms with Crippen LogP contribution >= 0.6 is 11.3 Å². The number of ether oxygens (including phenoxy) is 1. The van der Waals surface area contributed by atoms with Crippen LogP contribution in [0.15, 0.2) is 35.8 Å². The van der Waals surface area contributed by atoms with Gasteiger partial charge >= 0.3 is 11.7 Å². The van der Waals surface area contributed by atoms with E-state index >= 15 is 0 Å². The molecule has 0 aliphatic carbocycles. The predicted molar refractivity (Wildman–Crippen MR) is 156 cm³/mol. The Balaban J connectivity index is 1.43. The van der Waals surface area contributed by atoms with Crippen molar-refractivity contribution in [3.05, 3.63) is 57.2 Å². The Hall–Kier alpha value is -4.21. The number of nitrogens with zero attached hydrogens (tertiary/aromatic N) is 5. The van der Waals surface area contributed by atoms with Gasteiger partial charge in [-0.15, -0.1) is 11.3 Å². The number of amides is 1. The van der Waals surface area contributed by atoms with Crippen LogP contribution in [-0.4, -0.2) is 65.7 Å². The Morgan fingerprint density at radius 1 is 1.14 bits per heavy atom. The second kappa shape index (κ2) is 12.3. The van der Waals surface area contributed by atoms with E-state index in [0.29, 0.717) is 34.9 Å². The number of hydrogen-bond acceptors (Lipinski definition) is 13. The maximum atomic E-state index is 13.0. The van der Waals surface area contributed by atoms with Gasteiger partial charge in [-0.2, -0.15) is 10.0 Å². The maximum Gasteiger partial charge on any atom is 0.330 e. The van der Waals surface area contributed by atoms with Crippen molar-refractivity contribution in [1.29, 1.82) is 0 Å². The smallest absolute Gasteiger partial charge is 0.330 e. The van der Waals surface area contributed by atoms with Crippen LogP contribution in [0.2, 0.25) is 0 Å². The number of hydroxylamine groups is 2. The molecule has 3 aromatic rings. The van der Waals surface area contributed by atoms with Crippen LogP contribution in [-0.2, 0) is 16.0 Å². The van der Waals surface area contributed by atoms with Crippen LogP contribution in [0.1, 0.15) is 63.5 Å². The van der Waals surface area contributed by atoms with Crippen molar-refractivity contribution in [2.75, 3.05) is 17.2 Å². The minimum Gasteiger partial charge on any atom is -0.466 e. The Bertz CT molecular complexity index is 1440. The zero-order valence-electron chi connectivity index (χ0n) is 24.0. The van der Waals surface area contributed by atoms with Crippen LogP contribution in [0.3, 0.4) is 0 Å². The normalized spacial score (nSPS) is 16.4. The lowest BCUT2D eigenvalue weighted by atomic mass is 9.79. The second-order valence-electron chi connectivity index (χ2n) is 11.2. The number of rotatable bonds is 10. The summed E-state index contributed by atoms with van der Waals surface area (Å²) in [4.78, 5) is 48.2. The fraction of sp³-hybridized carbons (Fsp3) is 0.444. The number of anilines is 4. The topological polar surface area (TPSA) is 185 Å². The van der Waals surface area contributed by atoms with Gasteiger partial charge in [0.15, 0.2) is 5.13 Å². The molecule has 1 amide bonds. The van der Waals surface area contributed by atoms with Crippen LogP contribution in [0.25, 0.3) is 0 Å². The first-order valence-corrected chi connectivity index (χ1v) is 14.2. The minimum atomic E-state index is -0.612. The van der Waals surface area contributed by atoms with Crippen molar-refractivity contribution in [3.63, 3.8) is 0 Å². The van der Waals surface area contributed by atoms with Crippen molar-refractivity contribution in [2.45, 2.75) is 71.0 Å². The first-order valence-electron chi connectivity index (χ1n) is 13.3. The molecule has 0 spiro atoms. The number of carbonyl (C=O) groups excluding carboxylic acids is 2. The molecule has 0 unspecified atom stereocenters. The van der Waals surface area contributed by atoms with Crippen LogP contribution in [0, 0.1) is 10.1 Å². The molecule has 1 aliphatic rings. The Labute approximate surface area is 246 Å². The quantitative estimate of drug-likeness (QED) is 0.145. The Morgan fingerprint density at radius 3 is 2.43 bits per heavy atom.